The van der Waals surface area contributed by atoms with E-state index < -0.39 is 22.0 Å². The second-order valence-electron chi connectivity index (χ2n) is 4.42. The van der Waals surface area contributed by atoms with Gasteiger partial charge in [-0.1, -0.05) is 30.0 Å². The van der Waals surface area contributed by atoms with E-state index in [9.17, 15) is 21.6 Å². The Morgan fingerprint density at radius 2 is 1.87 bits per heavy atom. The summed E-state index contributed by atoms with van der Waals surface area (Å²) in [6.45, 7) is 0.0517. The molecular weight excluding hydrogens is 353 g/mol. The second kappa shape index (κ2) is 6.89. The largest absolute Gasteiger partial charge is 0.451 e. The van der Waals surface area contributed by atoms with Crippen molar-refractivity contribution in [3.63, 3.8) is 0 Å². The van der Waals surface area contributed by atoms with Crippen LogP contribution in [-0.4, -0.2) is 35.5 Å². The SMILES string of the molecule is Cn1c(SCCNS(=O)(=O)c2ccccc2)nnc1C(F)(F)F. The van der Waals surface area contributed by atoms with E-state index in [1.165, 1.54) is 19.2 Å². The first kappa shape index (κ1) is 17.8. The highest BCUT2D eigenvalue weighted by Crippen LogP contribution is 2.29. The Bertz CT molecular complexity index is 760. The average molecular weight is 366 g/mol. The number of hydrogen-bond acceptors (Lipinski definition) is 5. The number of nitrogens with zero attached hydrogens (tertiary/aromatic N) is 3. The molecule has 0 atom stereocenters. The second-order valence-corrected chi connectivity index (χ2v) is 7.25. The van der Waals surface area contributed by atoms with Crippen LogP contribution in [0.25, 0.3) is 0 Å². The van der Waals surface area contributed by atoms with Crippen LogP contribution >= 0.6 is 11.8 Å². The van der Waals surface area contributed by atoms with Crippen molar-refractivity contribution in [1.29, 1.82) is 0 Å². The number of thioether (sulfide) groups is 1. The molecule has 0 aliphatic rings. The quantitative estimate of drug-likeness (QED) is 0.624. The van der Waals surface area contributed by atoms with Crippen LogP contribution < -0.4 is 4.72 Å². The van der Waals surface area contributed by atoms with E-state index in [-0.39, 0.29) is 22.3 Å². The molecule has 23 heavy (non-hydrogen) atoms. The van der Waals surface area contributed by atoms with Crippen molar-refractivity contribution in [2.75, 3.05) is 12.3 Å². The van der Waals surface area contributed by atoms with Crippen LogP contribution in [0, 0.1) is 0 Å². The van der Waals surface area contributed by atoms with Crippen molar-refractivity contribution in [2.24, 2.45) is 7.05 Å². The summed E-state index contributed by atoms with van der Waals surface area (Å²) >= 11 is 0.982. The van der Waals surface area contributed by atoms with Crippen molar-refractivity contribution in [1.82, 2.24) is 19.5 Å². The van der Waals surface area contributed by atoms with Gasteiger partial charge in [0, 0.05) is 19.3 Å². The Labute approximate surface area is 135 Å². The van der Waals surface area contributed by atoms with Gasteiger partial charge in [-0.05, 0) is 12.1 Å². The number of rotatable bonds is 6. The van der Waals surface area contributed by atoms with E-state index in [0.29, 0.717) is 0 Å². The minimum Gasteiger partial charge on any atom is -0.302 e. The fourth-order valence-corrected chi connectivity index (χ4v) is 3.64. The Morgan fingerprint density at radius 3 is 2.43 bits per heavy atom. The van der Waals surface area contributed by atoms with Crippen molar-refractivity contribution in [2.45, 2.75) is 16.2 Å². The first-order valence-corrected chi connectivity index (χ1v) is 8.83. The lowest BCUT2D eigenvalue weighted by Crippen LogP contribution is -2.26. The van der Waals surface area contributed by atoms with Crippen molar-refractivity contribution < 1.29 is 21.6 Å². The summed E-state index contributed by atoms with van der Waals surface area (Å²) in [4.78, 5) is 0.128. The molecule has 0 aliphatic carbocycles. The van der Waals surface area contributed by atoms with Crippen LogP contribution in [0.5, 0.6) is 0 Å². The van der Waals surface area contributed by atoms with Gasteiger partial charge in [-0.2, -0.15) is 13.2 Å². The third-order valence-electron chi connectivity index (χ3n) is 2.77. The summed E-state index contributed by atoms with van der Waals surface area (Å²) in [5.74, 6) is -0.875. The lowest BCUT2D eigenvalue weighted by molar-refractivity contribution is -0.147. The lowest BCUT2D eigenvalue weighted by atomic mass is 10.4. The molecule has 1 heterocycles. The number of aromatic nitrogens is 3. The van der Waals surface area contributed by atoms with Crippen molar-refractivity contribution >= 4 is 21.8 Å². The van der Waals surface area contributed by atoms with Gasteiger partial charge in [0.1, 0.15) is 0 Å². The zero-order chi connectivity index (χ0) is 17.1. The summed E-state index contributed by atoms with van der Waals surface area (Å²) in [7, 11) is -2.42. The minimum atomic E-state index is -4.57. The van der Waals surface area contributed by atoms with Gasteiger partial charge in [-0.25, -0.2) is 13.1 Å². The molecule has 1 aromatic heterocycles. The lowest BCUT2D eigenvalue weighted by Gasteiger charge is -2.07. The molecule has 0 unspecified atom stereocenters. The molecule has 0 radical (unpaired) electrons. The number of benzene rings is 1. The van der Waals surface area contributed by atoms with Crippen LogP contribution in [0.2, 0.25) is 0 Å². The van der Waals surface area contributed by atoms with Gasteiger partial charge >= 0.3 is 6.18 Å². The fraction of sp³-hybridized carbons (Fsp3) is 0.333. The number of halogens is 3. The summed E-state index contributed by atoms with van der Waals surface area (Å²) in [5.41, 5.74) is 0. The van der Waals surface area contributed by atoms with E-state index in [1.807, 2.05) is 0 Å². The van der Waals surface area contributed by atoms with E-state index in [0.717, 1.165) is 16.3 Å². The van der Waals surface area contributed by atoms with E-state index in [2.05, 4.69) is 14.9 Å². The highest BCUT2D eigenvalue weighted by atomic mass is 32.2. The van der Waals surface area contributed by atoms with E-state index in [4.69, 9.17) is 0 Å². The van der Waals surface area contributed by atoms with Gasteiger partial charge in [0.15, 0.2) is 5.16 Å². The van der Waals surface area contributed by atoms with Gasteiger partial charge in [0.25, 0.3) is 0 Å². The van der Waals surface area contributed by atoms with Gasteiger partial charge in [0.2, 0.25) is 15.8 Å². The maximum atomic E-state index is 12.6. The molecule has 2 rings (SSSR count). The standard InChI is InChI=1S/C12H13F3N4O2S2/c1-19-10(12(13,14)15)17-18-11(19)22-8-7-16-23(20,21)9-5-3-2-4-6-9/h2-6,16H,7-8H2,1H3. The molecular formula is C12H13F3N4O2S2. The maximum Gasteiger partial charge on any atom is 0.451 e. The normalized spacial score (nSPS) is 12.5. The molecule has 126 valence electrons. The van der Waals surface area contributed by atoms with Crippen LogP contribution in [0.1, 0.15) is 5.82 Å². The minimum absolute atomic E-state index is 0.0517. The topological polar surface area (TPSA) is 76.9 Å². The van der Waals surface area contributed by atoms with Gasteiger partial charge < -0.3 is 4.57 Å². The average Bonchev–Trinajstić information content (AvgIpc) is 2.86. The molecule has 0 amide bonds. The number of hydrogen-bond donors (Lipinski definition) is 1. The van der Waals surface area contributed by atoms with Crippen LogP contribution in [0.15, 0.2) is 40.4 Å². The third kappa shape index (κ3) is 4.45. The zero-order valence-corrected chi connectivity index (χ0v) is 13.5. The molecule has 0 aliphatic heterocycles. The van der Waals surface area contributed by atoms with Crippen molar-refractivity contribution in [3.05, 3.63) is 36.2 Å². The molecule has 0 saturated carbocycles. The summed E-state index contributed by atoms with van der Waals surface area (Å²) in [5, 5.41) is 6.61. The van der Waals surface area contributed by atoms with E-state index >= 15 is 0 Å². The summed E-state index contributed by atoms with van der Waals surface area (Å²) in [6.07, 6.45) is -4.57. The Kier molecular flexibility index (Phi) is 5.32. The molecule has 2 aromatic rings. The Morgan fingerprint density at radius 1 is 1.22 bits per heavy atom. The van der Waals surface area contributed by atoms with Crippen LogP contribution in [0.3, 0.4) is 0 Å². The third-order valence-corrected chi connectivity index (χ3v) is 5.27. The van der Waals surface area contributed by atoms with Crippen LogP contribution in [-0.2, 0) is 23.2 Å². The Balaban J connectivity index is 1.90. The summed E-state index contributed by atoms with van der Waals surface area (Å²) in [6, 6.07) is 7.80. The van der Waals surface area contributed by atoms with Gasteiger partial charge in [-0.3, -0.25) is 0 Å². The summed E-state index contributed by atoms with van der Waals surface area (Å²) < 4.78 is 64.8. The van der Waals surface area contributed by atoms with Crippen LogP contribution in [0.4, 0.5) is 13.2 Å². The molecule has 0 bridgehead atoms. The highest BCUT2D eigenvalue weighted by molar-refractivity contribution is 7.99. The molecule has 6 nitrogen and oxygen atoms in total. The monoisotopic (exact) mass is 366 g/mol. The molecule has 0 spiro atoms. The van der Waals surface area contributed by atoms with Crippen molar-refractivity contribution in [3.8, 4) is 0 Å². The van der Waals surface area contributed by atoms with Gasteiger partial charge in [-0.15, -0.1) is 10.2 Å². The molecule has 1 aromatic carbocycles. The zero-order valence-electron chi connectivity index (χ0n) is 11.9. The maximum absolute atomic E-state index is 12.6. The molecule has 0 saturated heterocycles. The predicted molar refractivity (Wildman–Crippen MR) is 78.4 cm³/mol. The Hall–Kier alpha value is -1.59. The number of alkyl halides is 3. The van der Waals surface area contributed by atoms with Gasteiger partial charge in [0.05, 0.1) is 4.90 Å². The highest BCUT2D eigenvalue weighted by Gasteiger charge is 2.37. The first-order chi connectivity index (χ1) is 10.7. The predicted octanol–water partition coefficient (Wildman–Crippen LogP) is 1.90. The first-order valence-electron chi connectivity index (χ1n) is 6.36. The molecule has 11 heteroatoms. The smallest absolute Gasteiger partial charge is 0.302 e. The fourth-order valence-electron chi connectivity index (χ4n) is 1.69. The molecule has 0 fully saturated rings. The van der Waals surface area contributed by atoms with E-state index in [1.54, 1.807) is 18.2 Å². The molecule has 1 N–H and O–H groups in total. The number of sulfonamides is 1. The number of nitrogens with one attached hydrogen (secondary N) is 1.